The highest BCUT2D eigenvalue weighted by Gasteiger charge is 2.23. The summed E-state index contributed by atoms with van der Waals surface area (Å²) in [6.07, 6.45) is 1.84. The van der Waals surface area contributed by atoms with E-state index >= 15 is 0 Å². The predicted molar refractivity (Wildman–Crippen MR) is 83.3 cm³/mol. The van der Waals surface area contributed by atoms with Crippen LogP contribution in [0.1, 0.15) is 61.4 Å². The van der Waals surface area contributed by atoms with Gasteiger partial charge in [-0.15, -0.1) is 0 Å². The van der Waals surface area contributed by atoms with Crippen molar-refractivity contribution in [1.82, 2.24) is 10.5 Å². The number of benzene rings is 1. The van der Waals surface area contributed by atoms with Gasteiger partial charge in [0.1, 0.15) is 11.5 Å². The van der Waals surface area contributed by atoms with Gasteiger partial charge in [-0.2, -0.15) is 0 Å². The smallest absolute Gasteiger partial charge is 0.138 e. The van der Waals surface area contributed by atoms with Crippen molar-refractivity contribution in [2.24, 2.45) is 0 Å². The molecule has 0 saturated carbocycles. The number of aromatic nitrogens is 1. The minimum absolute atomic E-state index is 0.102. The molecular formula is C17H24N2O2. The Balaban J connectivity index is 2.26. The number of para-hydroxylation sites is 1. The molecule has 0 aliphatic heterocycles. The summed E-state index contributed by atoms with van der Waals surface area (Å²) >= 11 is 0. The standard InChI is InChI=1S/C17H24N2O2/c1-5-14(13-9-7-8-10-16(13)20)18-15(6-2)17-11(3)19-21-12(17)4/h7-10,14-15,18,20H,5-6H2,1-4H3/t14-,15+/m1/s1. The molecule has 0 saturated heterocycles. The van der Waals surface area contributed by atoms with Crippen molar-refractivity contribution in [3.63, 3.8) is 0 Å². The van der Waals surface area contributed by atoms with Crippen molar-refractivity contribution < 1.29 is 9.63 Å². The lowest BCUT2D eigenvalue weighted by Crippen LogP contribution is -2.26. The van der Waals surface area contributed by atoms with E-state index < -0.39 is 0 Å². The Labute approximate surface area is 126 Å². The highest BCUT2D eigenvalue weighted by molar-refractivity contribution is 5.35. The number of rotatable bonds is 6. The van der Waals surface area contributed by atoms with Crippen LogP contribution in [0, 0.1) is 13.8 Å². The van der Waals surface area contributed by atoms with E-state index in [-0.39, 0.29) is 12.1 Å². The largest absolute Gasteiger partial charge is 0.508 e. The third kappa shape index (κ3) is 3.27. The molecule has 0 bridgehead atoms. The Bertz CT molecular complexity index is 573. The van der Waals surface area contributed by atoms with Crippen LogP contribution in [0.3, 0.4) is 0 Å². The lowest BCUT2D eigenvalue weighted by Gasteiger charge is -2.25. The van der Waals surface area contributed by atoms with Crippen molar-refractivity contribution in [3.8, 4) is 5.75 Å². The average Bonchev–Trinajstić information content (AvgIpc) is 2.81. The molecule has 4 nitrogen and oxygen atoms in total. The van der Waals surface area contributed by atoms with Gasteiger partial charge in [0.15, 0.2) is 0 Å². The van der Waals surface area contributed by atoms with Crippen LogP contribution in [0.5, 0.6) is 5.75 Å². The SMILES string of the molecule is CC[C@H](N[C@H](CC)c1ccccc1O)c1c(C)noc1C. The van der Waals surface area contributed by atoms with E-state index in [1.54, 1.807) is 6.07 Å². The Morgan fingerprint density at radius 3 is 2.33 bits per heavy atom. The van der Waals surface area contributed by atoms with Gasteiger partial charge in [0, 0.05) is 23.2 Å². The molecule has 0 unspecified atom stereocenters. The van der Waals surface area contributed by atoms with Crippen LogP contribution in [0.25, 0.3) is 0 Å². The van der Waals surface area contributed by atoms with E-state index in [1.165, 1.54) is 0 Å². The van der Waals surface area contributed by atoms with Crippen LogP contribution in [-0.4, -0.2) is 10.3 Å². The fourth-order valence-electron chi connectivity index (χ4n) is 2.85. The zero-order chi connectivity index (χ0) is 15.4. The molecular weight excluding hydrogens is 264 g/mol. The Kier molecular flexibility index (Phi) is 5.02. The fourth-order valence-corrected chi connectivity index (χ4v) is 2.85. The topological polar surface area (TPSA) is 58.3 Å². The highest BCUT2D eigenvalue weighted by atomic mass is 16.5. The molecule has 0 aliphatic rings. The Hall–Kier alpha value is -1.81. The summed E-state index contributed by atoms with van der Waals surface area (Å²) in [5.41, 5.74) is 3.00. The molecule has 0 aliphatic carbocycles. The first-order chi connectivity index (χ1) is 10.1. The molecule has 2 rings (SSSR count). The van der Waals surface area contributed by atoms with Crippen LogP contribution in [-0.2, 0) is 0 Å². The maximum absolute atomic E-state index is 10.1. The fraction of sp³-hybridized carbons (Fsp3) is 0.471. The first kappa shape index (κ1) is 15.6. The number of phenolic OH excluding ortho intramolecular Hbond substituents is 1. The van der Waals surface area contributed by atoms with E-state index in [2.05, 4.69) is 24.3 Å². The monoisotopic (exact) mass is 288 g/mol. The summed E-state index contributed by atoms with van der Waals surface area (Å²) in [5, 5.41) is 17.7. The Morgan fingerprint density at radius 2 is 1.81 bits per heavy atom. The van der Waals surface area contributed by atoms with Crippen molar-refractivity contribution in [3.05, 3.63) is 46.8 Å². The lowest BCUT2D eigenvalue weighted by atomic mass is 9.97. The minimum Gasteiger partial charge on any atom is -0.508 e. The van der Waals surface area contributed by atoms with Crippen molar-refractivity contribution in [1.29, 1.82) is 0 Å². The number of nitrogens with zero attached hydrogens (tertiary/aromatic N) is 1. The van der Waals surface area contributed by atoms with E-state index in [1.807, 2.05) is 32.0 Å². The summed E-state index contributed by atoms with van der Waals surface area (Å²) in [5.74, 6) is 1.20. The molecule has 114 valence electrons. The van der Waals surface area contributed by atoms with Gasteiger partial charge in [-0.1, -0.05) is 37.2 Å². The molecule has 0 fully saturated rings. The summed E-state index contributed by atoms with van der Waals surface area (Å²) < 4.78 is 5.28. The van der Waals surface area contributed by atoms with Gasteiger partial charge in [0.05, 0.1) is 5.69 Å². The third-order valence-electron chi connectivity index (χ3n) is 3.97. The maximum Gasteiger partial charge on any atom is 0.138 e. The van der Waals surface area contributed by atoms with Gasteiger partial charge >= 0.3 is 0 Å². The summed E-state index contributed by atoms with van der Waals surface area (Å²) in [6, 6.07) is 7.77. The molecule has 1 aromatic heterocycles. The van der Waals surface area contributed by atoms with E-state index in [0.29, 0.717) is 5.75 Å². The van der Waals surface area contributed by atoms with Gasteiger partial charge in [-0.25, -0.2) is 0 Å². The average molecular weight is 288 g/mol. The molecule has 21 heavy (non-hydrogen) atoms. The van der Waals surface area contributed by atoms with Gasteiger partial charge < -0.3 is 14.9 Å². The van der Waals surface area contributed by atoms with Crippen LogP contribution in [0.2, 0.25) is 0 Å². The molecule has 1 aromatic carbocycles. The van der Waals surface area contributed by atoms with Crippen molar-refractivity contribution >= 4 is 0 Å². The summed E-state index contributed by atoms with van der Waals surface area (Å²) in [4.78, 5) is 0. The third-order valence-corrected chi connectivity index (χ3v) is 3.97. The number of hydrogen-bond donors (Lipinski definition) is 2. The van der Waals surface area contributed by atoms with E-state index in [0.717, 1.165) is 35.4 Å². The zero-order valence-electron chi connectivity index (χ0n) is 13.2. The highest BCUT2D eigenvalue weighted by Crippen LogP contribution is 2.31. The normalized spacial score (nSPS) is 14.1. The molecule has 2 N–H and O–H groups in total. The van der Waals surface area contributed by atoms with Crippen molar-refractivity contribution in [2.75, 3.05) is 0 Å². The summed E-state index contributed by atoms with van der Waals surface area (Å²) in [6.45, 7) is 8.17. The first-order valence-corrected chi connectivity index (χ1v) is 7.55. The molecule has 2 aromatic rings. The molecule has 0 spiro atoms. The van der Waals surface area contributed by atoms with Gasteiger partial charge in [0.25, 0.3) is 0 Å². The van der Waals surface area contributed by atoms with Crippen LogP contribution in [0.4, 0.5) is 0 Å². The molecule has 2 atom stereocenters. The van der Waals surface area contributed by atoms with Crippen LogP contribution < -0.4 is 5.32 Å². The Morgan fingerprint density at radius 1 is 1.14 bits per heavy atom. The molecule has 0 amide bonds. The van der Waals surface area contributed by atoms with Gasteiger partial charge in [-0.05, 0) is 32.8 Å². The molecule has 0 radical (unpaired) electrons. The van der Waals surface area contributed by atoms with Crippen molar-refractivity contribution in [2.45, 2.75) is 52.6 Å². The first-order valence-electron chi connectivity index (χ1n) is 7.55. The molecule has 4 heteroatoms. The number of nitrogens with one attached hydrogen (secondary N) is 1. The quantitative estimate of drug-likeness (QED) is 0.836. The van der Waals surface area contributed by atoms with Crippen LogP contribution >= 0.6 is 0 Å². The second-order valence-corrected chi connectivity index (χ2v) is 5.38. The van der Waals surface area contributed by atoms with E-state index in [4.69, 9.17) is 4.52 Å². The zero-order valence-corrected chi connectivity index (χ0v) is 13.2. The second kappa shape index (κ2) is 6.76. The van der Waals surface area contributed by atoms with E-state index in [9.17, 15) is 5.11 Å². The van der Waals surface area contributed by atoms with Gasteiger partial charge in [0.2, 0.25) is 0 Å². The number of phenols is 1. The molecule has 1 heterocycles. The number of aromatic hydroxyl groups is 1. The number of aryl methyl sites for hydroxylation is 2. The summed E-state index contributed by atoms with van der Waals surface area (Å²) in [7, 11) is 0. The number of hydrogen-bond acceptors (Lipinski definition) is 4. The predicted octanol–water partition coefficient (Wildman–Crippen LogP) is 4.19. The van der Waals surface area contributed by atoms with Gasteiger partial charge in [-0.3, -0.25) is 0 Å². The lowest BCUT2D eigenvalue weighted by molar-refractivity contribution is 0.381. The van der Waals surface area contributed by atoms with Crippen LogP contribution in [0.15, 0.2) is 28.8 Å². The second-order valence-electron chi connectivity index (χ2n) is 5.38. The maximum atomic E-state index is 10.1. The minimum atomic E-state index is 0.102.